The molecule has 1 aromatic rings. The van der Waals surface area contributed by atoms with Crippen molar-refractivity contribution in [1.29, 1.82) is 0 Å². The molecule has 0 fully saturated rings. The summed E-state index contributed by atoms with van der Waals surface area (Å²) in [5.74, 6) is 0. The second-order valence-electron chi connectivity index (χ2n) is 5.70. The van der Waals surface area contributed by atoms with E-state index in [2.05, 4.69) is 62.6 Å². The summed E-state index contributed by atoms with van der Waals surface area (Å²) in [4.78, 5) is 0. The minimum atomic E-state index is 0.233. The molecule has 0 aliphatic rings. The molecule has 0 aliphatic heterocycles. The molecule has 0 aromatic heterocycles. The highest BCUT2D eigenvalue weighted by molar-refractivity contribution is 5.21. The molecule has 96 valence electrons. The van der Waals surface area contributed by atoms with Gasteiger partial charge in [0.25, 0.3) is 0 Å². The maximum absolute atomic E-state index is 3.49. The number of nitrogens with one attached hydrogen (secondary N) is 2. The van der Waals surface area contributed by atoms with Gasteiger partial charge in [0.1, 0.15) is 0 Å². The number of hydrogen-bond donors (Lipinski definition) is 2. The van der Waals surface area contributed by atoms with E-state index in [4.69, 9.17) is 0 Å². The second kappa shape index (κ2) is 6.77. The van der Waals surface area contributed by atoms with Crippen LogP contribution >= 0.6 is 0 Å². The fourth-order valence-electron chi connectivity index (χ4n) is 1.73. The van der Waals surface area contributed by atoms with Crippen LogP contribution in [0.4, 0.5) is 0 Å². The minimum Gasteiger partial charge on any atom is -0.313 e. The fraction of sp³-hybridized carbons (Fsp3) is 0.600. The number of aryl methyl sites for hydroxylation is 1. The number of benzene rings is 1. The van der Waals surface area contributed by atoms with E-state index in [-0.39, 0.29) is 5.54 Å². The molecule has 0 unspecified atom stereocenters. The first-order chi connectivity index (χ1) is 7.97. The van der Waals surface area contributed by atoms with Crippen LogP contribution < -0.4 is 10.6 Å². The first kappa shape index (κ1) is 14.2. The Hall–Kier alpha value is -0.860. The van der Waals surface area contributed by atoms with Gasteiger partial charge in [0.05, 0.1) is 0 Å². The monoisotopic (exact) mass is 234 g/mol. The van der Waals surface area contributed by atoms with Gasteiger partial charge in [-0.15, -0.1) is 0 Å². The van der Waals surface area contributed by atoms with Crippen molar-refractivity contribution >= 4 is 0 Å². The van der Waals surface area contributed by atoms with Crippen LogP contribution in [0.2, 0.25) is 0 Å². The van der Waals surface area contributed by atoms with Crippen molar-refractivity contribution in [2.75, 3.05) is 13.1 Å². The van der Waals surface area contributed by atoms with Gasteiger partial charge in [-0.25, -0.2) is 0 Å². The van der Waals surface area contributed by atoms with E-state index in [0.717, 1.165) is 19.6 Å². The van der Waals surface area contributed by atoms with Gasteiger partial charge in [0.2, 0.25) is 0 Å². The molecule has 0 heterocycles. The smallest absolute Gasteiger partial charge is 0.0205 e. The molecule has 1 rings (SSSR count). The van der Waals surface area contributed by atoms with E-state index in [1.165, 1.54) is 17.5 Å². The molecule has 0 bridgehead atoms. The van der Waals surface area contributed by atoms with Crippen molar-refractivity contribution in [2.24, 2.45) is 0 Å². The van der Waals surface area contributed by atoms with E-state index in [1.54, 1.807) is 0 Å². The first-order valence-electron chi connectivity index (χ1n) is 6.49. The van der Waals surface area contributed by atoms with Gasteiger partial charge < -0.3 is 10.6 Å². The average molecular weight is 234 g/mol. The number of hydrogen-bond acceptors (Lipinski definition) is 2. The molecular weight excluding hydrogens is 208 g/mol. The largest absolute Gasteiger partial charge is 0.313 e. The van der Waals surface area contributed by atoms with Crippen LogP contribution in [-0.4, -0.2) is 18.6 Å². The summed E-state index contributed by atoms with van der Waals surface area (Å²) < 4.78 is 0. The molecule has 0 amide bonds. The lowest BCUT2D eigenvalue weighted by Gasteiger charge is -2.20. The van der Waals surface area contributed by atoms with Gasteiger partial charge in [-0.3, -0.25) is 0 Å². The Morgan fingerprint density at radius 2 is 1.88 bits per heavy atom. The van der Waals surface area contributed by atoms with Crippen LogP contribution in [0, 0.1) is 6.92 Å². The molecule has 0 aliphatic carbocycles. The Morgan fingerprint density at radius 3 is 2.53 bits per heavy atom. The molecule has 0 saturated heterocycles. The van der Waals surface area contributed by atoms with E-state index in [9.17, 15) is 0 Å². The number of rotatable bonds is 6. The van der Waals surface area contributed by atoms with Crippen LogP contribution in [0.15, 0.2) is 24.3 Å². The van der Waals surface area contributed by atoms with Gasteiger partial charge in [-0.05, 0) is 52.8 Å². The summed E-state index contributed by atoms with van der Waals surface area (Å²) in [5.41, 5.74) is 2.93. The van der Waals surface area contributed by atoms with E-state index >= 15 is 0 Å². The third-order valence-corrected chi connectivity index (χ3v) is 2.60. The van der Waals surface area contributed by atoms with Crippen molar-refractivity contribution in [3.05, 3.63) is 35.4 Å². The molecule has 2 heteroatoms. The van der Waals surface area contributed by atoms with Crippen molar-refractivity contribution in [2.45, 2.75) is 46.2 Å². The Balaban J connectivity index is 2.09. The highest BCUT2D eigenvalue weighted by Crippen LogP contribution is 2.03. The van der Waals surface area contributed by atoms with Gasteiger partial charge in [0.15, 0.2) is 0 Å². The standard InChI is InChI=1S/C15H26N2/c1-13-7-5-8-14(11-13)12-16-9-6-10-17-15(2,3)4/h5,7-8,11,16-17H,6,9-10,12H2,1-4H3. The van der Waals surface area contributed by atoms with E-state index in [0.29, 0.717) is 0 Å². The first-order valence-corrected chi connectivity index (χ1v) is 6.49. The molecule has 2 nitrogen and oxygen atoms in total. The predicted molar refractivity (Wildman–Crippen MR) is 75.3 cm³/mol. The minimum absolute atomic E-state index is 0.233. The molecule has 0 saturated carbocycles. The molecule has 0 spiro atoms. The van der Waals surface area contributed by atoms with E-state index < -0.39 is 0 Å². The summed E-state index contributed by atoms with van der Waals surface area (Å²) >= 11 is 0. The SMILES string of the molecule is Cc1cccc(CNCCCNC(C)(C)C)c1. The van der Waals surface area contributed by atoms with Gasteiger partial charge in [0, 0.05) is 12.1 Å². The van der Waals surface area contributed by atoms with Crippen LogP contribution in [0.25, 0.3) is 0 Å². The predicted octanol–water partition coefficient (Wildman–Crippen LogP) is 2.86. The second-order valence-corrected chi connectivity index (χ2v) is 5.70. The Labute approximate surface area is 106 Å². The van der Waals surface area contributed by atoms with Gasteiger partial charge >= 0.3 is 0 Å². The normalized spacial score (nSPS) is 11.8. The highest BCUT2D eigenvalue weighted by Gasteiger charge is 2.06. The summed E-state index contributed by atoms with van der Waals surface area (Å²) in [6.45, 7) is 11.9. The summed E-state index contributed by atoms with van der Waals surface area (Å²) in [6, 6.07) is 8.66. The summed E-state index contributed by atoms with van der Waals surface area (Å²) in [7, 11) is 0. The van der Waals surface area contributed by atoms with Gasteiger partial charge in [-0.1, -0.05) is 29.8 Å². The zero-order valence-electron chi connectivity index (χ0n) is 11.6. The zero-order valence-corrected chi connectivity index (χ0v) is 11.6. The Bertz CT molecular complexity index is 326. The lowest BCUT2D eigenvalue weighted by Crippen LogP contribution is -2.37. The molecule has 2 N–H and O–H groups in total. The highest BCUT2D eigenvalue weighted by atomic mass is 14.9. The molecule has 0 atom stereocenters. The average Bonchev–Trinajstić information content (AvgIpc) is 2.22. The zero-order chi connectivity index (χ0) is 12.7. The van der Waals surface area contributed by atoms with Crippen LogP contribution in [0.5, 0.6) is 0 Å². The van der Waals surface area contributed by atoms with Crippen molar-refractivity contribution in [3.63, 3.8) is 0 Å². The Morgan fingerprint density at radius 1 is 1.12 bits per heavy atom. The topological polar surface area (TPSA) is 24.1 Å². The lowest BCUT2D eigenvalue weighted by molar-refractivity contribution is 0.418. The Kier molecular flexibility index (Phi) is 5.66. The van der Waals surface area contributed by atoms with Crippen molar-refractivity contribution in [3.8, 4) is 0 Å². The molecular formula is C15H26N2. The van der Waals surface area contributed by atoms with Crippen molar-refractivity contribution in [1.82, 2.24) is 10.6 Å². The third-order valence-electron chi connectivity index (χ3n) is 2.60. The van der Waals surface area contributed by atoms with Crippen LogP contribution in [0.1, 0.15) is 38.3 Å². The van der Waals surface area contributed by atoms with Gasteiger partial charge in [-0.2, -0.15) is 0 Å². The maximum Gasteiger partial charge on any atom is 0.0205 e. The van der Waals surface area contributed by atoms with Crippen LogP contribution in [-0.2, 0) is 6.54 Å². The summed E-state index contributed by atoms with van der Waals surface area (Å²) in [5, 5.41) is 6.96. The quantitative estimate of drug-likeness (QED) is 0.740. The molecule has 1 aromatic carbocycles. The van der Waals surface area contributed by atoms with E-state index in [1.807, 2.05) is 0 Å². The summed E-state index contributed by atoms with van der Waals surface area (Å²) in [6.07, 6.45) is 1.17. The van der Waals surface area contributed by atoms with Crippen molar-refractivity contribution < 1.29 is 0 Å². The molecule has 0 radical (unpaired) electrons. The third kappa shape index (κ3) is 7.14. The van der Waals surface area contributed by atoms with Crippen LogP contribution in [0.3, 0.4) is 0 Å². The molecule has 17 heavy (non-hydrogen) atoms. The maximum atomic E-state index is 3.49. The fourth-order valence-corrected chi connectivity index (χ4v) is 1.73. The lowest BCUT2D eigenvalue weighted by atomic mass is 10.1.